The van der Waals surface area contributed by atoms with E-state index < -0.39 is 0 Å². The number of nitrogens with zero attached hydrogens (tertiary/aromatic N) is 2. The van der Waals surface area contributed by atoms with E-state index >= 15 is 0 Å². The summed E-state index contributed by atoms with van der Waals surface area (Å²) < 4.78 is 6.00. The molecule has 0 atom stereocenters. The summed E-state index contributed by atoms with van der Waals surface area (Å²) in [5.74, 6) is 0.990. The highest BCUT2D eigenvalue weighted by molar-refractivity contribution is 5.88. The van der Waals surface area contributed by atoms with Crippen molar-refractivity contribution in [3.05, 3.63) is 60.0 Å². The molecule has 1 fully saturated rings. The molecule has 1 aliphatic rings. The minimum Gasteiger partial charge on any atom is -0.489 e. The lowest BCUT2D eigenvalue weighted by molar-refractivity contribution is -0.132. The SMILES string of the molecule is Cc1ccc(OC2CCN(C(=O)Cc3c[nH]c4ccccc34)CC2)cn1. The Morgan fingerprint density at radius 1 is 1.23 bits per heavy atom. The zero-order valence-corrected chi connectivity index (χ0v) is 14.9. The van der Waals surface area contributed by atoms with Crippen molar-refractivity contribution in [2.45, 2.75) is 32.3 Å². The number of amides is 1. The van der Waals surface area contributed by atoms with E-state index in [0.29, 0.717) is 6.42 Å². The first-order valence-corrected chi connectivity index (χ1v) is 9.11. The summed E-state index contributed by atoms with van der Waals surface area (Å²) in [6.07, 6.45) is 6.02. The van der Waals surface area contributed by atoms with Crippen molar-refractivity contribution < 1.29 is 9.53 Å². The fourth-order valence-electron chi connectivity index (χ4n) is 3.49. The second-order valence-electron chi connectivity index (χ2n) is 6.87. The van der Waals surface area contributed by atoms with Crippen LogP contribution in [0.1, 0.15) is 24.1 Å². The first-order chi connectivity index (χ1) is 12.7. The van der Waals surface area contributed by atoms with Crippen molar-refractivity contribution in [2.24, 2.45) is 0 Å². The quantitative estimate of drug-likeness (QED) is 0.784. The number of hydrogen-bond acceptors (Lipinski definition) is 3. The Hall–Kier alpha value is -2.82. The van der Waals surface area contributed by atoms with Crippen LogP contribution in [0.3, 0.4) is 0 Å². The number of likely N-dealkylation sites (tertiary alicyclic amines) is 1. The number of carbonyl (C=O) groups excluding carboxylic acids is 1. The van der Waals surface area contributed by atoms with Crippen molar-refractivity contribution in [1.29, 1.82) is 0 Å². The molecule has 1 saturated heterocycles. The molecule has 0 radical (unpaired) electrons. The Balaban J connectivity index is 1.32. The van der Waals surface area contributed by atoms with Gasteiger partial charge in [-0.25, -0.2) is 0 Å². The molecule has 4 rings (SSSR count). The average Bonchev–Trinajstić information content (AvgIpc) is 3.07. The highest BCUT2D eigenvalue weighted by atomic mass is 16.5. The van der Waals surface area contributed by atoms with E-state index in [9.17, 15) is 4.79 Å². The predicted molar refractivity (Wildman–Crippen MR) is 101 cm³/mol. The molecule has 1 amide bonds. The Labute approximate surface area is 153 Å². The second-order valence-corrected chi connectivity index (χ2v) is 6.87. The van der Waals surface area contributed by atoms with Gasteiger partial charge in [-0.15, -0.1) is 0 Å². The maximum absolute atomic E-state index is 12.7. The molecule has 5 heteroatoms. The molecule has 1 aromatic carbocycles. The molecule has 5 nitrogen and oxygen atoms in total. The number of rotatable bonds is 4. The Morgan fingerprint density at radius 3 is 2.81 bits per heavy atom. The van der Waals surface area contributed by atoms with E-state index in [-0.39, 0.29) is 12.0 Å². The largest absolute Gasteiger partial charge is 0.489 e. The Morgan fingerprint density at radius 2 is 2.04 bits per heavy atom. The molecule has 0 spiro atoms. The van der Waals surface area contributed by atoms with E-state index in [1.165, 1.54) is 0 Å². The standard InChI is InChI=1S/C21H23N3O2/c1-15-6-7-18(14-22-15)26-17-8-10-24(11-9-17)21(25)12-16-13-23-20-5-3-2-4-19(16)20/h2-7,13-14,17,23H,8-12H2,1H3. The van der Waals surface area contributed by atoms with Gasteiger partial charge in [-0.3, -0.25) is 9.78 Å². The lowest BCUT2D eigenvalue weighted by atomic mass is 10.1. The van der Waals surface area contributed by atoms with Gasteiger partial charge in [-0.05, 0) is 30.7 Å². The molecular weight excluding hydrogens is 326 g/mol. The van der Waals surface area contributed by atoms with Crippen LogP contribution in [0.4, 0.5) is 0 Å². The van der Waals surface area contributed by atoms with Crippen LogP contribution in [0.25, 0.3) is 10.9 Å². The number of fused-ring (bicyclic) bond motifs is 1. The Kier molecular flexibility index (Phi) is 4.61. The van der Waals surface area contributed by atoms with Crippen LogP contribution in [0.15, 0.2) is 48.8 Å². The van der Waals surface area contributed by atoms with Crippen molar-refractivity contribution in [2.75, 3.05) is 13.1 Å². The van der Waals surface area contributed by atoms with Gasteiger partial charge in [-0.1, -0.05) is 18.2 Å². The van der Waals surface area contributed by atoms with Crippen LogP contribution < -0.4 is 4.74 Å². The topological polar surface area (TPSA) is 58.2 Å². The number of para-hydroxylation sites is 1. The number of pyridine rings is 1. The highest BCUT2D eigenvalue weighted by Crippen LogP contribution is 2.21. The lowest BCUT2D eigenvalue weighted by Gasteiger charge is -2.32. The van der Waals surface area contributed by atoms with Crippen molar-refractivity contribution >= 4 is 16.8 Å². The van der Waals surface area contributed by atoms with Crippen LogP contribution in [0.5, 0.6) is 5.75 Å². The molecular formula is C21H23N3O2. The van der Waals surface area contributed by atoms with E-state index in [1.807, 2.05) is 48.4 Å². The second kappa shape index (κ2) is 7.20. The van der Waals surface area contributed by atoms with Gasteiger partial charge < -0.3 is 14.6 Å². The summed E-state index contributed by atoms with van der Waals surface area (Å²) in [5, 5.41) is 1.13. The molecule has 26 heavy (non-hydrogen) atoms. The molecule has 3 aromatic rings. The minimum absolute atomic E-state index is 0.150. The summed E-state index contributed by atoms with van der Waals surface area (Å²) in [6, 6.07) is 12.0. The summed E-state index contributed by atoms with van der Waals surface area (Å²) in [4.78, 5) is 22.1. The van der Waals surface area contributed by atoms with E-state index in [0.717, 1.165) is 53.8 Å². The number of hydrogen-bond donors (Lipinski definition) is 1. The van der Waals surface area contributed by atoms with E-state index in [4.69, 9.17) is 4.74 Å². The molecule has 1 aliphatic heterocycles. The molecule has 3 heterocycles. The molecule has 0 saturated carbocycles. The number of nitrogens with one attached hydrogen (secondary N) is 1. The third-order valence-electron chi connectivity index (χ3n) is 5.00. The molecule has 0 unspecified atom stereocenters. The van der Waals surface area contributed by atoms with E-state index in [2.05, 4.69) is 16.0 Å². The number of aromatic nitrogens is 2. The van der Waals surface area contributed by atoms with Gasteiger partial charge in [0.2, 0.25) is 5.91 Å². The highest BCUT2D eigenvalue weighted by Gasteiger charge is 2.24. The number of piperidine rings is 1. The number of H-pyrrole nitrogens is 1. The summed E-state index contributed by atoms with van der Waals surface area (Å²) >= 11 is 0. The summed E-state index contributed by atoms with van der Waals surface area (Å²) in [6.45, 7) is 3.44. The number of aromatic amines is 1. The third kappa shape index (κ3) is 3.57. The van der Waals surface area contributed by atoms with Crippen LogP contribution in [0.2, 0.25) is 0 Å². The van der Waals surface area contributed by atoms with Gasteiger partial charge in [0.15, 0.2) is 0 Å². The van der Waals surface area contributed by atoms with Crippen LogP contribution in [0, 0.1) is 6.92 Å². The monoisotopic (exact) mass is 349 g/mol. The molecule has 134 valence electrons. The normalized spacial score (nSPS) is 15.3. The molecule has 0 bridgehead atoms. The summed E-state index contributed by atoms with van der Waals surface area (Å²) in [5.41, 5.74) is 3.12. The average molecular weight is 349 g/mol. The zero-order chi connectivity index (χ0) is 17.9. The van der Waals surface area contributed by atoms with Crippen LogP contribution >= 0.6 is 0 Å². The van der Waals surface area contributed by atoms with Crippen molar-refractivity contribution in [3.8, 4) is 5.75 Å². The van der Waals surface area contributed by atoms with E-state index in [1.54, 1.807) is 6.20 Å². The first-order valence-electron chi connectivity index (χ1n) is 9.11. The van der Waals surface area contributed by atoms with Gasteiger partial charge in [-0.2, -0.15) is 0 Å². The number of benzene rings is 1. The maximum atomic E-state index is 12.7. The van der Waals surface area contributed by atoms with Crippen LogP contribution in [-0.2, 0) is 11.2 Å². The van der Waals surface area contributed by atoms with Crippen molar-refractivity contribution in [3.63, 3.8) is 0 Å². The molecule has 2 aromatic heterocycles. The van der Waals surface area contributed by atoms with Gasteiger partial charge in [0.05, 0.1) is 12.6 Å². The maximum Gasteiger partial charge on any atom is 0.227 e. The third-order valence-corrected chi connectivity index (χ3v) is 5.00. The fourth-order valence-corrected chi connectivity index (χ4v) is 3.49. The molecule has 0 aliphatic carbocycles. The predicted octanol–water partition coefficient (Wildman–Crippen LogP) is 3.48. The van der Waals surface area contributed by atoms with Crippen molar-refractivity contribution in [1.82, 2.24) is 14.9 Å². The van der Waals surface area contributed by atoms with Gasteiger partial charge in [0, 0.05) is 48.7 Å². The number of carbonyl (C=O) groups is 1. The van der Waals surface area contributed by atoms with Gasteiger partial charge in [0.25, 0.3) is 0 Å². The first kappa shape index (κ1) is 16.6. The smallest absolute Gasteiger partial charge is 0.227 e. The zero-order valence-electron chi connectivity index (χ0n) is 14.9. The Bertz CT molecular complexity index is 893. The minimum atomic E-state index is 0.150. The fraction of sp³-hybridized carbons (Fsp3) is 0.333. The lowest BCUT2D eigenvalue weighted by Crippen LogP contribution is -2.42. The van der Waals surface area contributed by atoms with Gasteiger partial charge in [0.1, 0.15) is 11.9 Å². The number of ether oxygens (including phenoxy) is 1. The van der Waals surface area contributed by atoms with Gasteiger partial charge >= 0.3 is 0 Å². The summed E-state index contributed by atoms with van der Waals surface area (Å²) in [7, 11) is 0. The van der Waals surface area contributed by atoms with Crippen LogP contribution in [-0.4, -0.2) is 40.0 Å². The number of aryl methyl sites for hydroxylation is 1. The molecule has 1 N–H and O–H groups in total.